The van der Waals surface area contributed by atoms with Gasteiger partial charge in [0.1, 0.15) is 17.6 Å². The Labute approximate surface area is 206 Å². The second-order valence-corrected chi connectivity index (χ2v) is 9.32. The number of imidazole rings is 1. The maximum absolute atomic E-state index is 13.2. The number of fused-ring (bicyclic) bond motifs is 1. The van der Waals surface area contributed by atoms with E-state index < -0.39 is 17.7 Å². The number of hydrogen-bond acceptors (Lipinski definition) is 6. The molecule has 1 unspecified atom stereocenters. The molecule has 0 bridgehead atoms. The van der Waals surface area contributed by atoms with Gasteiger partial charge in [0.05, 0.1) is 23.2 Å². The molecule has 178 valence electrons. The van der Waals surface area contributed by atoms with Crippen LogP contribution in [0.5, 0.6) is 5.75 Å². The summed E-state index contributed by atoms with van der Waals surface area (Å²) in [6, 6.07) is 17.2. The van der Waals surface area contributed by atoms with Crippen LogP contribution in [-0.2, 0) is 9.59 Å². The van der Waals surface area contributed by atoms with Crippen molar-refractivity contribution in [3.05, 3.63) is 82.1 Å². The van der Waals surface area contributed by atoms with E-state index >= 15 is 0 Å². The molecule has 2 aromatic heterocycles. The Morgan fingerprint density at radius 2 is 1.89 bits per heavy atom. The van der Waals surface area contributed by atoms with Gasteiger partial charge in [-0.05, 0) is 54.3 Å². The molecule has 1 fully saturated rings. The fourth-order valence-corrected chi connectivity index (χ4v) is 5.05. The van der Waals surface area contributed by atoms with Gasteiger partial charge in [-0.3, -0.25) is 14.5 Å². The van der Waals surface area contributed by atoms with E-state index in [1.54, 1.807) is 24.3 Å². The van der Waals surface area contributed by atoms with Crippen LogP contribution in [-0.4, -0.2) is 33.4 Å². The van der Waals surface area contributed by atoms with Crippen molar-refractivity contribution in [2.24, 2.45) is 0 Å². The van der Waals surface area contributed by atoms with Gasteiger partial charge in [0.15, 0.2) is 0 Å². The Morgan fingerprint density at radius 3 is 2.60 bits per heavy atom. The number of carbonyl (C=O) groups excluding carboxylic acids is 2. The maximum Gasteiger partial charge on any atom is 0.302 e. The lowest BCUT2D eigenvalue weighted by Crippen LogP contribution is -2.30. The number of ketones is 1. The standard InChI is InChI=1S/C27H25N3O4S/c1-2-3-6-15-34-18-13-11-17(12-14-18)24(31)22-23(21-10-7-16-35-21)30(26(33)25(22)32)27-28-19-8-4-5-9-20(19)29-27/h4-5,7-14,16,23,31H,2-3,6,15H2,1H3,(H,28,29)/b24-22+. The summed E-state index contributed by atoms with van der Waals surface area (Å²) in [5.41, 5.74) is 1.91. The number of nitrogens with zero attached hydrogens (tertiary/aromatic N) is 2. The van der Waals surface area contributed by atoms with Crippen molar-refractivity contribution in [2.75, 3.05) is 11.5 Å². The van der Waals surface area contributed by atoms with Gasteiger partial charge < -0.3 is 14.8 Å². The summed E-state index contributed by atoms with van der Waals surface area (Å²) in [6.45, 7) is 2.76. The Hall–Kier alpha value is -3.91. The van der Waals surface area contributed by atoms with Crippen molar-refractivity contribution in [1.82, 2.24) is 9.97 Å². The Kier molecular flexibility index (Phi) is 6.37. The molecule has 5 rings (SSSR count). The molecule has 35 heavy (non-hydrogen) atoms. The quantitative estimate of drug-likeness (QED) is 0.141. The van der Waals surface area contributed by atoms with Gasteiger partial charge in [-0.1, -0.05) is 38.0 Å². The molecule has 1 atom stereocenters. The number of H-pyrrole nitrogens is 1. The van der Waals surface area contributed by atoms with Gasteiger partial charge in [-0.2, -0.15) is 0 Å². The van der Waals surface area contributed by atoms with Crippen LogP contribution in [0, 0.1) is 0 Å². The first kappa shape index (κ1) is 22.9. The second kappa shape index (κ2) is 9.76. The number of thiophene rings is 1. The minimum Gasteiger partial charge on any atom is -0.507 e. The first-order valence-electron chi connectivity index (χ1n) is 11.6. The summed E-state index contributed by atoms with van der Waals surface area (Å²) in [5.74, 6) is -0.754. The molecule has 3 heterocycles. The molecule has 0 saturated carbocycles. The van der Waals surface area contributed by atoms with E-state index in [0.29, 0.717) is 23.4 Å². The van der Waals surface area contributed by atoms with Gasteiger partial charge in [-0.25, -0.2) is 4.98 Å². The van der Waals surface area contributed by atoms with Gasteiger partial charge in [0, 0.05) is 10.4 Å². The van der Waals surface area contributed by atoms with E-state index in [4.69, 9.17) is 4.74 Å². The van der Waals surface area contributed by atoms with Crippen molar-refractivity contribution < 1.29 is 19.4 Å². The molecular weight excluding hydrogens is 462 g/mol. The van der Waals surface area contributed by atoms with Crippen LogP contribution in [0.2, 0.25) is 0 Å². The number of Topliss-reactive ketones (excluding diaryl/α,β-unsaturated/α-hetero) is 1. The number of para-hydroxylation sites is 2. The number of ether oxygens (including phenoxy) is 1. The zero-order chi connectivity index (χ0) is 24.4. The highest BCUT2D eigenvalue weighted by atomic mass is 32.1. The number of unbranched alkanes of at least 4 members (excludes halogenated alkanes) is 2. The van der Waals surface area contributed by atoms with E-state index in [2.05, 4.69) is 16.9 Å². The minimum atomic E-state index is -0.791. The lowest BCUT2D eigenvalue weighted by molar-refractivity contribution is -0.132. The number of benzene rings is 2. The molecule has 0 radical (unpaired) electrons. The summed E-state index contributed by atoms with van der Waals surface area (Å²) >= 11 is 1.41. The molecule has 7 nitrogen and oxygen atoms in total. The fourth-order valence-electron chi connectivity index (χ4n) is 4.23. The summed E-state index contributed by atoms with van der Waals surface area (Å²) in [4.78, 5) is 36.2. The molecule has 1 aliphatic rings. The van der Waals surface area contributed by atoms with Crippen LogP contribution < -0.4 is 9.64 Å². The van der Waals surface area contributed by atoms with E-state index in [0.717, 1.165) is 29.7 Å². The highest BCUT2D eigenvalue weighted by molar-refractivity contribution is 7.10. The summed E-state index contributed by atoms with van der Waals surface area (Å²) < 4.78 is 5.75. The highest BCUT2D eigenvalue weighted by Crippen LogP contribution is 2.43. The van der Waals surface area contributed by atoms with E-state index in [1.807, 2.05) is 41.8 Å². The van der Waals surface area contributed by atoms with E-state index in [-0.39, 0.29) is 17.3 Å². The third-order valence-electron chi connectivity index (χ3n) is 6.01. The van der Waals surface area contributed by atoms with Gasteiger partial charge in [0.2, 0.25) is 5.95 Å². The van der Waals surface area contributed by atoms with Gasteiger partial charge in [-0.15, -0.1) is 11.3 Å². The van der Waals surface area contributed by atoms with Crippen LogP contribution in [0.15, 0.2) is 71.6 Å². The van der Waals surface area contributed by atoms with Crippen LogP contribution >= 0.6 is 11.3 Å². The predicted molar refractivity (Wildman–Crippen MR) is 137 cm³/mol. The van der Waals surface area contributed by atoms with Crippen molar-refractivity contribution in [3.8, 4) is 5.75 Å². The molecule has 2 N–H and O–H groups in total. The number of nitrogens with one attached hydrogen (secondary N) is 1. The Balaban J connectivity index is 1.53. The molecule has 4 aromatic rings. The number of rotatable bonds is 8. The number of hydrogen-bond donors (Lipinski definition) is 2. The van der Waals surface area contributed by atoms with Gasteiger partial charge >= 0.3 is 5.91 Å². The van der Waals surface area contributed by atoms with Crippen LogP contribution in [0.4, 0.5) is 5.95 Å². The number of amides is 1. The molecule has 1 amide bonds. The first-order chi connectivity index (χ1) is 17.1. The average molecular weight is 488 g/mol. The lowest BCUT2D eigenvalue weighted by Gasteiger charge is -2.21. The lowest BCUT2D eigenvalue weighted by atomic mass is 10.00. The average Bonchev–Trinajstić information content (AvgIpc) is 3.60. The Morgan fingerprint density at radius 1 is 1.09 bits per heavy atom. The normalized spacial score (nSPS) is 17.4. The number of anilines is 1. The molecule has 1 aliphatic heterocycles. The zero-order valence-corrected chi connectivity index (χ0v) is 20.0. The van der Waals surface area contributed by atoms with Crippen LogP contribution in [0.3, 0.4) is 0 Å². The third-order valence-corrected chi connectivity index (χ3v) is 6.93. The molecule has 0 aliphatic carbocycles. The van der Waals surface area contributed by atoms with E-state index in [9.17, 15) is 14.7 Å². The predicted octanol–water partition coefficient (Wildman–Crippen LogP) is 5.82. The highest BCUT2D eigenvalue weighted by Gasteiger charge is 2.48. The van der Waals surface area contributed by atoms with Crippen LogP contribution in [0.25, 0.3) is 16.8 Å². The van der Waals surface area contributed by atoms with Crippen molar-refractivity contribution >= 4 is 45.8 Å². The zero-order valence-electron chi connectivity index (χ0n) is 19.2. The van der Waals surface area contributed by atoms with E-state index in [1.165, 1.54) is 16.2 Å². The molecule has 1 saturated heterocycles. The Bertz CT molecular complexity index is 1360. The number of carbonyl (C=O) groups is 2. The molecular formula is C27H25N3O4S. The minimum absolute atomic E-state index is 0.0366. The fraction of sp³-hybridized carbons (Fsp3) is 0.222. The summed E-state index contributed by atoms with van der Waals surface area (Å²) in [5, 5.41) is 13.1. The molecule has 2 aromatic carbocycles. The number of aliphatic hydroxyl groups excluding tert-OH is 1. The second-order valence-electron chi connectivity index (χ2n) is 8.34. The topological polar surface area (TPSA) is 95.5 Å². The number of aliphatic hydroxyl groups is 1. The van der Waals surface area contributed by atoms with Crippen molar-refractivity contribution in [1.29, 1.82) is 0 Å². The first-order valence-corrected chi connectivity index (χ1v) is 12.5. The number of aromatic amines is 1. The summed E-state index contributed by atoms with van der Waals surface area (Å²) in [7, 11) is 0. The molecule has 8 heteroatoms. The largest absolute Gasteiger partial charge is 0.507 e. The monoisotopic (exact) mass is 487 g/mol. The molecule has 0 spiro atoms. The van der Waals surface area contributed by atoms with Gasteiger partial charge in [0.25, 0.3) is 5.78 Å². The SMILES string of the molecule is CCCCCOc1ccc(/C(O)=C2\C(=O)C(=O)N(c3nc4ccccc4[nH]3)C2c2cccs2)cc1. The van der Waals surface area contributed by atoms with Crippen molar-refractivity contribution in [2.45, 2.75) is 32.2 Å². The van der Waals surface area contributed by atoms with Crippen LogP contribution in [0.1, 0.15) is 42.7 Å². The number of aromatic nitrogens is 2. The smallest absolute Gasteiger partial charge is 0.302 e. The third kappa shape index (κ3) is 4.33. The summed E-state index contributed by atoms with van der Waals surface area (Å²) in [6.07, 6.45) is 3.20. The maximum atomic E-state index is 13.2. The van der Waals surface area contributed by atoms with Crippen molar-refractivity contribution in [3.63, 3.8) is 0 Å².